The van der Waals surface area contributed by atoms with Gasteiger partial charge >= 0.3 is 19.0 Å². The van der Waals surface area contributed by atoms with Gasteiger partial charge in [-0.1, -0.05) is 6.92 Å². The van der Waals surface area contributed by atoms with Gasteiger partial charge in [0.2, 0.25) is 0 Å². The zero-order valence-electron chi connectivity index (χ0n) is 9.87. The predicted octanol–water partition coefficient (Wildman–Crippen LogP) is 4.89. The van der Waals surface area contributed by atoms with Crippen LogP contribution >= 0.6 is 0 Å². The molecule has 0 atom stereocenters. The molecule has 0 N–H and O–H groups in total. The van der Waals surface area contributed by atoms with Gasteiger partial charge in [0.15, 0.2) is 0 Å². The van der Waals surface area contributed by atoms with E-state index >= 15 is 0 Å². The fourth-order valence-electron chi connectivity index (χ4n) is 1.59. The molecule has 114 valence electrons. The maximum atomic E-state index is 12.6. The van der Waals surface area contributed by atoms with Crippen LogP contribution in [0.15, 0.2) is 12.1 Å². The van der Waals surface area contributed by atoms with E-state index < -0.39 is 41.4 Å². The molecule has 0 aliphatic heterocycles. The third-order valence-electron chi connectivity index (χ3n) is 2.41. The molecule has 1 rings (SSSR count). The standard InChI is InChI=1S/C11H8F8O/c1-2-5-3-8(20-9(12)13)7(11(17,18)19)4-6(5)10(14,15)16/h3-4,9H,2H2,1H3. The average Bonchev–Trinajstić information content (AvgIpc) is 2.24. The van der Waals surface area contributed by atoms with Crippen LogP contribution in [0.25, 0.3) is 0 Å². The lowest BCUT2D eigenvalue weighted by atomic mass is 10.00. The maximum absolute atomic E-state index is 12.6. The van der Waals surface area contributed by atoms with Crippen LogP contribution in [-0.4, -0.2) is 6.61 Å². The van der Waals surface area contributed by atoms with Crippen molar-refractivity contribution in [1.29, 1.82) is 0 Å². The van der Waals surface area contributed by atoms with Gasteiger partial charge in [0.05, 0.1) is 11.1 Å². The van der Waals surface area contributed by atoms with E-state index in [1.807, 2.05) is 0 Å². The first kappa shape index (κ1) is 16.5. The van der Waals surface area contributed by atoms with E-state index in [1.165, 1.54) is 6.92 Å². The summed E-state index contributed by atoms with van der Waals surface area (Å²) in [5, 5.41) is 0. The van der Waals surface area contributed by atoms with Crippen molar-refractivity contribution >= 4 is 0 Å². The summed E-state index contributed by atoms with van der Waals surface area (Å²) in [7, 11) is 0. The highest BCUT2D eigenvalue weighted by Gasteiger charge is 2.40. The molecule has 0 radical (unpaired) electrons. The maximum Gasteiger partial charge on any atom is 0.419 e. The van der Waals surface area contributed by atoms with Crippen molar-refractivity contribution in [3.05, 3.63) is 28.8 Å². The summed E-state index contributed by atoms with van der Waals surface area (Å²) >= 11 is 0. The van der Waals surface area contributed by atoms with Crippen molar-refractivity contribution in [1.82, 2.24) is 0 Å². The zero-order chi connectivity index (χ0) is 15.7. The first-order chi connectivity index (χ1) is 8.96. The quantitative estimate of drug-likeness (QED) is 0.723. The van der Waals surface area contributed by atoms with E-state index in [9.17, 15) is 35.1 Å². The lowest BCUT2D eigenvalue weighted by Crippen LogP contribution is -2.16. The second kappa shape index (κ2) is 5.45. The molecule has 0 saturated carbocycles. The van der Waals surface area contributed by atoms with E-state index in [0.29, 0.717) is 6.07 Å². The van der Waals surface area contributed by atoms with Crippen LogP contribution < -0.4 is 4.74 Å². The Morgan fingerprint density at radius 2 is 1.45 bits per heavy atom. The van der Waals surface area contributed by atoms with E-state index in [-0.39, 0.29) is 12.5 Å². The van der Waals surface area contributed by atoms with Crippen LogP contribution in [0, 0.1) is 0 Å². The highest BCUT2D eigenvalue weighted by atomic mass is 19.4. The molecule has 0 heterocycles. The van der Waals surface area contributed by atoms with Crippen molar-refractivity contribution in [2.24, 2.45) is 0 Å². The Balaban J connectivity index is 3.53. The Hall–Kier alpha value is -1.54. The van der Waals surface area contributed by atoms with Gasteiger partial charge in [0, 0.05) is 0 Å². The van der Waals surface area contributed by atoms with Crippen molar-refractivity contribution in [3.63, 3.8) is 0 Å². The Kier molecular flexibility index (Phi) is 4.50. The van der Waals surface area contributed by atoms with Crippen LogP contribution in [0.2, 0.25) is 0 Å². The van der Waals surface area contributed by atoms with Crippen molar-refractivity contribution < 1.29 is 39.9 Å². The lowest BCUT2D eigenvalue weighted by molar-refractivity contribution is -0.146. The minimum Gasteiger partial charge on any atom is -0.434 e. The molecular formula is C11H8F8O. The Morgan fingerprint density at radius 1 is 0.950 bits per heavy atom. The number of halogens is 8. The molecular weight excluding hydrogens is 300 g/mol. The molecule has 9 heteroatoms. The van der Waals surface area contributed by atoms with Crippen LogP contribution in [0.3, 0.4) is 0 Å². The number of rotatable bonds is 3. The van der Waals surface area contributed by atoms with Crippen LogP contribution in [0.4, 0.5) is 35.1 Å². The number of aryl methyl sites for hydroxylation is 1. The third-order valence-corrected chi connectivity index (χ3v) is 2.41. The van der Waals surface area contributed by atoms with Gasteiger partial charge in [-0.2, -0.15) is 35.1 Å². The molecule has 0 unspecified atom stereocenters. The van der Waals surface area contributed by atoms with Gasteiger partial charge in [-0.05, 0) is 24.1 Å². The van der Waals surface area contributed by atoms with Gasteiger partial charge in [0.1, 0.15) is 5.75 Å². The summed E-state index contributed by atoms with van der Waals surface area (Å²) in [6, 6.07) is 0.133. The Labute approximate surface area is 108 Å². The number of hydrogen-bond acceptors (Lipinski definition) is 1. The summed E-state index contributed by atoms with van der Waals surface area (Å²) in [6.07, 6.45) is -10.5. The molecule has 20 heavy (non-hydrogen) atoms. The molecule has 1 nitrogen and oxygen atoms in total. The highest BCUT2D eigenvalue weighted by Crippen LogP contribution is 2.42. The molecule has 0 amide bonds. The second-order valence-electron chi connectivity index (χ2n) is 3.73. The molecule has 0 saturated heterocycles. The molecule has 0 spiro atoms. The SMILES string of the molecule is CCc1cc(OC(F)F)c(C(F)(F)F)cc1C(F)(F)F. The third kappa shape index (κ3) is 3.73. The predicted molar refractivity (Wildman–Crippen MR) is 52.5 cm³/mol. The minimum atomic E-state index is -5.24. The number of ether oxygens (including phenoxy) is 1. The molecule has 0 aliphatic rings. The zero-order valence-corrected chi connectivity index (χ0v) is 9.87. The molecule has 0 fully saturated rings. The van der Waals surface area contributed by atoms with E-state index in [2.05, 4.69) is 4.74 Å². The minimum absolute atomic E-state index is 0.212. The molecule has 0 bridgehead atoms. The smallest absolute Gasteiger partial charge is 0.419 e. The fraction of sp³-hybridized carbons (Fsp3) is 0.455. The summed E-state index contributed by atoms with van der Waals surface area (Å²) in [5.41, 5.74) is -3.96. The summed E-state index contributed by atoms with van der Waals surface area (Å²) in [6.45, 7) is -2.32. The van der Waals surface area contributed by atoms with Gasteiger partial charge in [-0.25, -0.2) is 0 Å². The summed E-state index contributed by atoms with van der Waals surface area (Å²) < 4.78 is 104. The average molecular weight is 308 g/mol. The largest absolute Gasteiger partial charge is 0.434 e. The van der Waals surface area contributed by atoms with Gasteiger partial charge in [0.25, 0.3) is 0 Å². The molecule has 0 aromatic heterocycles. The second-order valence-corrected chi connectivity index (χ2v) is 3.73. The molecule has 1 aromatic rings. The van der Waals surface area contributed by atoms with Gasteiger partial charge in [-0.3, -0.25) is 0 Å². The lowest BCUT2D eigenvalue weighted by Gasteiger charge is -2.19. The van der Waals surface area contributed by atoms with Crippen molar-refractivity contribution in [2.75, 3.05) is 0 Å². The van der Waals surface area contributed by atoms with E-state index in [4.69, 9.17) is 0 Å². The first-order valence-corrected chi connectivity index (χ1v) is 5.23. The molecule has 0 aliphatic carbocycles. The van der Waals surface area contributed by atoms with Crippen molar-refractivity contribution in [3.8, 4) is 5.75 Å². The first-order valence-electron chi connectivity index (χ1n) is 5.23. The number of benzene rings is 1. The Bertz CT molecular complexity index is 475. The fourth-order valence-corrected chi connectivity index (χ4v) is 1.59. The highest BCUT2D eigenvalue weighted by molar-refractivity contribution is 5.45. The van der Waals surface area contributed by atoms with Crippen LogP contribution in [-0.2, 0) is 18.8 Å². The van der Waals surface area contributed by atoms with Crippen LogP contribution in [0.1, 0.15) is 23.6 Å². The normalized spacial score (nSPS) is 12.9. The topological polar surface area (TPSA) is 9.23 Å². The summed E-state index contributed by atoms with van der Waals surface area (Å²) in [5.74, 6) is -1.32. The Morgan fingerprint density at radius 3 is 1.80 bits per heavy atom. The molecule has 1 aromatic carbocycles. The van der Waals surface area contributed by atoms with Gasteiger partial charge < -0.3 is 4.74 Å². The van der Waals surface area contributed by atoms with Crippen LogP contribution in [0.5, 0.6) is 5.75 Å². The monoisotopic (exact) mass is 308 g/mol. The number of hydrogen-bond donors (Lipinski definition) is 0. The van der Waals surface area contributed by atoms with E-state index in [1.54, 1.807) is 0 Å². The van der Waals surface area contributed by atoms with E-state index in [0.717, 1.165) is 0 Å². The van der Waals surface area contributed by atoms with Crippen molar-refractivity contribution in [2.45, 2.75) is 32.3 Å². The number of alkyl halides is 8. The summed E-state index contributed by atoms with van der Waals surface area (Å²) in [4.78, 5) is 0. The van der Waals surface area contributed by atoms with Gasteiger partial charge in [-0.15, -0.1) is 0 Å².